The number of thioether (sulfide) groups is 1. The predicted molar refractivity (Wildman–Crippen MR) is 102 cm³/mol. The summed E-state index contributed by atoms with van der Waals surface area (Å²) in [7, 11) is 4.68. The van der Waals surface area contributed by atoms with Crippen molar-refractivity contribution in [1.82, 2.24) is 18.7 Å². The van der Waals surface area contributed by atoms with Gasteiger partial charge in [0.2, 0.25) is 5.91 Å². The van der Waals surface area contributed by atoms with Crippen LogP contribution in [0.5, 0.6) is 0 Å². The third-order valence-corrected chi connectivity index (χ3v) is 5.13. The molecule has 0 aliphatic carbocycles. The van der Waals surface area contributed by atoms with Crippen molar-refractivity contribution in [3.63, 3.8) is 0 Å². The van der Waals surface area contributed by atoms with Crippen LogP contribution in [-0.2, 0) is 25.9 Å². The Morgan fingerprint density at radius 3 is 2.62 bits per heavy atom. The Balaban J connectivity index is 1.84. The number of nitrogens with zero attached hydrogens (tertiary/aromatic N) is 4. The summed E-state index contributed by atoms with van der Waals surface area (Å²) in [5.41, 5.74) is 0.310. The fourth-order valence-electron chi connectivity index (χ4n) is 2.58. The molecule has 0 saturated heterocycles. The molecule has 0 unspecified atom stereocenters. The highest BCUT2D eigenvalue weighted by Crippen LogP contribution is 2.21. The highest BCUT2D eigenvalue weighted by molar-refractivity contribution is 7.99. The van der Waals surface area contributed by atoms with Crippen LogP contribution in [0.25, 0.3) is 11.2 Å². The van der Waals surface area contributed by atoms with Crippen molar-refractivity contribution in [2.75, 3.05) is 11.1 Å². The van der Waals surface area contributed by atoms with Crippen LogP contribution in [0.1, 0.15) is 0 Å². The van der Waals surface area contributed by atoms with Crippen LogP contribution < -0.4 is 16.6 Å². The summed E-state index contributed by atoms with van der Waals surface area (Å²) in [4.78, 5) is 40.7. The van der Waals surface area contributed by atoms with E-state index in [4.69, 9.17) is 11.6 Å². The molecule has 0 radical (unpaired) electrons. The molecular weight excluding hydrogens is 378 g/mol. The molecule has 1 aromatic carbocycles. The number of carbonyl (C=O) groups is 1. The normalized spacial score (nSPS) is 11.1. The molecular formula is C16H16ClN5O3S. The summed E-state index contributed by atoms with van der Waals surface area (Å²) in [5, 5.41) is 3.75. The molecule has 3 aromatic rings. The zero-order chi connectivity index (χ0) is 19.0. The van der Waals surface area contributed by atoms with Crippen molar-refractivity contribution in [3.8, 4) is 0 Å². The largest absolute Gasteiger partial charge is 0.332 e. The number of amides is 1. The van der Waals surface area contributed by atoms with E-state index in [1.807, 2.05) is 0 Å². The SMILES string of the molecule is Cn1c(=O)c2nc(SCC(=O)Nc3cccc(Cl)c3)n(C)c2n(C)c1=O. The number of aromatic nitrogens is 4. The number of imidazole rings is 1. The molecule has 10 heteroatoms. The number of halogens is 1. The average Bonchev–Trinajstić information content (AvgIpc) is 2.93. The Labute approximate surface area is 157 Å². The Morgan fingerprint density at radius 2 is 1.92 bits per heavy atom. The van der Waals surface area contributed by atoms with Crippen LogP contribution in [-0.4, -0.2) is 30.3 Å². The summed E-state index contributed by atoms with van der Waals surface area (Å²) >= 11 is 7.07. The lowest BCUT2D eigenvalue weighted by atomic mass is 10.3. The van der Waals surface area contributed by atoms with Gasteiger partial charge in [0, 0.05) is 31.9 Å². The monoisotopic (exact) mass is 393 g/mol. The molecule has 0 aliphatic rings. The van der Waals surface area contributed by atoms with Gasteiger partial charge in [0.1, 0.15) is 0 Å². The first-order chi connectivity index (χ1) is 12.3. The van der Waals surface area contributed by atoms with Gasteiger partial charge < -0.3 is 9.88 Å². The van der Waals surface area contributed by atoms with Crippen molar-refractivity contribution >= 4 is 46.1 Å². The summed E-state index contributed by atoms with van der Waals surface area (Å²) in [6.07, 6.45) is 0. The first-order valence-corrected chi connectivity index (χ1v) is 8.96. The summed E-state index contributed by atoms with van der Waals surface area (Å²) in [5.74, 6) is -0.135. The predicted octanol–water partition coefficient (Wildman–Crippen LogP) is 1.35. The molecule has 26 heavy (non-hydrogen) atoms. The molecule has 8 nitrogen and oxygen atoms in total. The quantitative estimate of drug-likeness (QED) is 0.676. The van der Waals surface area contributed by atoms with Crippen molar-refractivity contribution in [3.05, 3.63) is 50.1 Å². The molecule has 2 aromatic heterocycles. The van der Waals surface area contributed by atoms with Crippen LogP contribution in [0.2, 0.25) is 5.02 Å². The lowest BCUT2D eigenvalue weighted by molar-refractivity contribution is -0.113. The first kappa shape index (κ1) is 18.3. The van der Waals surface area contributed by atoms with E-state index in [-0.39, 0.29) is 17.2 Å². The van der Waals surface area contributed by atoms with Crippen LogP contribution in [0.15, 0.2) is 39.0 Å². The first-order valence-electron chi connectivity index (χ1n) is 7.60. The van der Waals surface area contributed by atoms with Gasteiger partial charge in [0.15, 0.2) is 16.3 Å². The second kappa shape index (κ2) is 7.00. The van der Waals surface area contributed by atoms with Gasteiger partial charge in [-0.1, -0.05) is 29.4 Å². The fourth-order valence-corrected chi connectivity index (χ4v) is 3.54. The Kier molecular flexibility index (Phi) is 4.92. The topological polar surface area (TPSA) is 90.9 Å². The molecule has 0 spiro atoms. The number of benzene rings is 1. The second-order valence-electron chi connectivity index (χ2n) is 5.68. The summed E-state index contributed by atoms with van der Waals surface area (Å²) < 4.78 is 4.00. The van der Waals surface area contributed by atoms with Gasteiger partial charge in [-0.25, -0.2) is 9.78 Å². The molecule has 0 bridgehead atoms. The van der Waals surface area contributed by atoms with Gasteiger partial charge in [-0.2, -0.15) is 0 Å². The van der Waals surface area contributed by atoms with Crippen molar-refractivity contribution in [2.45, 2.75) is 5.16 Å². The molecule has 136 valence electrons. The molecule has 1 N–H and O–H groups in total. The number of rotatable bonds is 4. The van der Waals surface area contributed by atoms with Gasteiger partial charge >= 0.3 is 5.69 Å². The van der Waals surface area contributed by atoms with Gasteiger partial charge in [0.25, 0.3) is 5.56 Å². The third-order valence-electron chi connectivity index (χ3n) is 3.86. The number of carbonyl (C=O) groups excluding carboxylic acids is 1. The van der Waals surface area contributed by atoms with Crippen LogP contribution in [0, 0.1) is 0 Å². The van der Waals surface area contributed by atoms with E-state index in [0.717, 1.165) is 4.57 Å². The second-order valence-corrected chi connectivity index (χ2v) is 7.06. The molecule has 2 heterocycles. The lowest BCUT2D eigenvalue weighted by Gasteiger charge is -2.07. The molecule has 0 aliphatic heterocycles. The minimum absolute atomic E-state index is 0.0952. The standard InChI is InChI=1S/C16H16ClN5O3S/c1-20-13-12(14(24)22(3)16(25)21(13)2)19-15(20)26-8-11(23)18-10-6-4-5-9(17)7-10/h4-7H,8H2,1-3H3,(H,18,23). The molecule has 1 amide bonds. The van der Waals surface area contributed by atoms with Gasteiger partial charge in [-0.3, -0.25) is 18.7 Å². The third kappa shape index (κ3) is 3.27. The van der Waals surface area contributed by atoms with Crippen molar-refractivity contribution in [2.24, 2.45) is 21.1 Å². The maximum absolute atomic E-state index is 12.3. The van der Waals surface area contributed by atoms with Crippen LogP contribution in [0.3, 0.4) is 0 Å². The Bertz CT molecular complexity index is 1130. The number of hydrogen-bond donors (Lipinski definition) is 1. The van der Waals surface area contributed by atoms with Crippen molar-refractivity contribution in [1.29, 1.82) is 0 Å². The van der Waals surface area contributed by atoms with Gasteiger partial charge in [0.05, 0.1) is 5.75 Å². The average molecular weight is 394 g/mol. The molecule has 3 rings (SSSR count). The van der Waals surface area contributed by atoms with E-state index < -0.39 is 11.2 Å². The summed E-state index contributed by atoms with van der Waals surface area (Å²) in [6, 6.07) is 6.85. The number of anilines is 1. The molecule has 0 fully saturated rings. The number of aryl methyl sites for hydroxylation is 2. The van der Waals surface area contributed by atoms with E-state index in [2.05, 4.69) is 10.3 Å². The van der Waals surface area contributed by atoms with Crippen LogP contribution >= 0.6 is 23.4 Å². The number of nitrogens with one attached hydrogen (secondary N) is 1. The maximum atomic E-state index is 12.3. The smallest absolute Gasteiger partial charge is 0.325 e. The van der Waals surface area contributed by atoms with E-state index in [1.54, 1.807) is 42.9 Å². The van der Waals surface area contributed by atoms with E-state index in [1.165, 1.54) is 23.4 Å². The van der Waals surface area contributed by atoms with Gasteiger partial charge in [-0.15, -0.1) is 0 Å². The van der Waals surface area contributed by atoms with E-state index >= 15 is 0 Å². The number of fused-ring (bicyclic) bond motifs is 1. The fraction of sp³-hybridized carbons (Fsp3) is 0.250. The maximum Gasteiger partial charge on any atom is 0.332 e. The van der Waals surface area contributed by atoms with Gasteiger partial charge in [-0.05, 0) is 18.2 Å². The minimum atomic E-state index is -0.464. The molecule has 0 saturated carbocycles. The highest BCUT2D eigenvalue weighted by atomic mass is 35.5. The molecule has 0 atom stereocenters. The highest BCUT2D eigenvalue weighted by Gasteiger charge is 2.17. The van der Waals surface area contributed by atoms with E-state index in [9.17, 15) is 14.4 Å². The number of hydrogen-bond acceptors (Lipinski definition) is 5. The Hall–Kier alpha value is -2.52. The lowest BCUT2D eigenvalue weighted by Crippen LogP contribution is -2.37. The van der Waals surface area contributed by atoms with Crippen LogP contribution in [0.4, 0.5) is 5.69 Å². The zero-order valence-electron chi connectivity index (χ0n) is 14.3. The summed E-state index contributed by atoms with van der Waals surface area (Å²) in [6.45, 7) is 0. The minimum Gasteiger partial charge on any atom is -0.325 e. The van der Waals surface area contributed by atoms with Crippen molar-refractivity contribution < 1.29 is 4.79 Å². The van der Waals surface area contributed by atoms with E-state index in [0.29, 0.717) is 21.5 Å². The zero-order valence-corrected chi connectivity index (χ0v) is 15.9. The Morgan fingerprint density at radius 1 is 1.19 bits per heavy atom.